The van der Waals surface area contributed by atoms with Crippen molar-refractivity contribution in [3.8, 4) is 0 Å². The largest absolute Gasteiger partial charge is 0.395 e. The van der Waals surface area contributed by atoms with E-state index in [-0.39, 0.29) is 26.1 Å². The SMILES string of the molecule is NCC(O)C(O)C(=O)N[C@@H]1C[C@H](N)C(O[C@H]2O[C@H](CNCCO)[C@@H](O)[C@H](O)[C@H]2N)[C@H](O)[C@H]1O[C@H]1O[C@H](CO)[C@@H](O)[C@H](N)[C@H]1O. The van der Waals surface area contributed by atoms with Gasteiger partial charge in [-0.1, -0.05) is 0 Å². The van der Waals surface area contributed by atoms with Gasteiger partial charge in [-0.2, -0.15) is 0 Å². The van der Waals surface area contributed by atoms with Gasteiger partial charge >= 0.3 is 0 Å². The molecule has 3 unspecified atom stereocenters. The normalized spacial score (nSPS) is 44.6. The van der Waals surface area contributed by atoms with Crippen LogP contribution in [0.5, 0.6) is 0 Å². The van der Waals surface area contributed by atoms with Crippen LogP contribution >= 0.6 is 0 Å². The first kappa shape index (κ1) is 37.2. The third-order valence-corrected chi connectivity index (χ3v) is 8.12. The lowest BCUT2D eigenvalue weighted by Gasteiger charge is -2.49. The fourth-order valence-corrected chi connectivity index (χ4v) is 5.41. The van der Waals surface area contributed by atoms with Crippen LogP contribution in [0.25, 0.3) is 0 Å². The molecule has 19 N–H and O–H groups in total. The number of hydrogen-bond acceptors (Lipinski definition) is 19. The van der Waals surface area contributed by atoms with Crippen LogP contribution in [0.3, 0.4) is 0 Å². The van der Waals surface area contributed by atoms with Gasteiger partial charge in [0.1, 0.15) is 61.0 Å². The quantitative estimate of drug-likeness (QED) is 0.0827. The van der Waals surface area contributed by atoms with Crippen molar-refractivity contribution in [1.82, 2.24) is 10.6 Å². The van der Waals surface area contributed by atoms with Gasteiger partial charge in [0.2, 0.25) is 0 Å². The topological polar surface area (TPSA) is 364 Å². The van der Waals surface area contributed by atoms with E-state index in [4.69, 9.17) is 47.0 Å². The van der Waals surface area contributed by atoms with Crippen molar-refractivity contribution in [2.75, 3.05) is 32.8 Å². The molecule has 0 aromatic rings. The monoisotopic (exact) mass is 644 g/mol. The van der Waals surface area contributed by atoms with Crippen molar-refractivity contribution in [2.45, 2.75) is 110 Å². The van der Waals surface area contributed by atoms with E-state index in [1.165, 1.54) is 0 Å². The Morgan fingerprint density at radius 2 is 1.48 bits per heavy atom. The highest BCUT2D eigenvalue weighted by Crippen LogP contribution is 2.32. The van der Waals surface area contributed by atoms with Gasteiger partial charge in [-0.05, 0) is 6.42 Å². The van der Waals surface area contributed by atoms with Gasteiger partial charge in [-0.25, -0.2) is 0 Å². The summed E-state index contributed by atoms with van der Waals surface area (Å²) in [5, 5.41) is 97.1. The predicted molar refractivity (Wildman–Crippen MR) is 146 cm³/mol. The number of carbonyl (C=O) groups is 1. The van der Waals surface area contributed by atoms with Crippen LogP contribution in [-0.4, -0.2) is 189 Å². The lowest BCUT2D eigenvalue weighted by molar-refractivity contribution is -0.320. The summed E-state index contributed by atoms with van der Waals surface area (Å²) in [5.74, 6) is -1.08. The van der Waals surface area contributed by atoms with E-state index in [0.717, 1.165) is 0 Å². The van der Waals surface area contributed by atoms with Gasteiger partial charge in [-0.3, -0.25) is 4.79 Å². The molecular weight excluding hydrogens is 596 g/mol. The molecule has 258 valence electrons. The van der Waals surface area contributed by atoms with E-state index < -0.39 is 123 Å². The molecule has 44 heavy (non-hydrogen) atoms. The van der Waals surface area contributed by atoms with Crippen LogP contribution in [-0.2, 0) is 23.7 Å². The van der Waals surface area contributed by atoms with E-state index in [9.17, 15) is 45.6 Å². The number of hydrogen-bond donors (Lipinski definition) is 15. The smallest absolute Gasteiger partial charge is 0.251 e. The van der Waals surface area contributed by atoms with Crippen LogP contribution in [0.2, 0.25) is 0 Å². The highest BCUT2D eigenvalue weighted by atomic mass is 16.7. The van der Waals surface area contributed by atoms with Gasteiger partial charge in [0.05, 0.1) is 31.3 Å². The maximum absolute atomic E-state index is 12.7. The first-order valence-corrected chi connectivity index (χ1v) is 14.3. The Kier molecular flexibility index (Phi) is 14.0. The Morgan fingerprint density at radius 3 is 2.09 bits per heavy atom. The van der Waals surface area contributed by atoms with E-state index >= 15 is 0 Å². The molecule has 0 aromatic heterocycles. The minimum Gasteiger partial charge on any atom is -0.395 e. The zero-order valence-electron chi connectivity index (χ0n) is 23.9. The number of amides is 1. The lowest BCUT2D eigenvalue weighted by atomic mass is 9.83. The number of rotatable bonds is 13. The Balaban J connectivity index is 1.85. The van der Waals surface area contributed by atoms with Gasteiger partial charge in [-0.15, -0.1) is 0 Å². The molecule has 0 bridgehead atoms. The number of nitrogens with two attached hydrogens (primary N) is 4. The molecule has 2 heterocycles. The van der Waals surface area contributed by atoms with Gasteiger partial charge in [0.25, 0.3) is 5.91 Å². The summed E-state index contributed by atoms with van der Waals surface area (Å²) < 4.78 is 23.0. The second-order valence-electron chi connectivity index (χ2n) is 11.3. The van der Waals surface area contributed by atoms with Gasteiger partial charge < -0.3 is 98.5 Å². The first-order chi connectivity index (χ1) is 20.8. The molecule has 1 saturated carbocycles. The summed E-state index contributed by atoms with van der Waals surface area (Å²) in [6, 6.07) is -4.93. The number of aliphatic hydroxyl groups excluding tert-OH is 9. The van der Waals surface area contributed by atoms with Crippen molar-refractivity contribution >= 4 is 5.91 Å². The minimum atomic E-state index is -1.96. The zero-order valence-corrected chi connectivity index (χ0v) is 23.9. The van der Waals surface area contributed by atoms with E-state index in [1.54, 1.807) is 0 Å². The molecule has 2 saturated heterocycles. The maximum atomic E-state index is 12.7. The minimum absolute atomic E-state index is 0.00347. The molecule has 1 amide bonds. The third-order valence-electron chi connectivity index (χ3n) is 8.12. The molecule has 20 nitrogen and oxygen atoms in total. The highest BCUT2D eigenvalue weighted by molar-refractivity contribution is 5.81. The van der Waals surface area contributed by atoms with Crippen molar-refractivity contribution in [1.29, 1.82) is 0 Å². The lowest BCUT2D eigenvalue weighted by Crippen LogP contribution is -2.70. The first-order valence-electron chi connectivity index (χ1n) is 14.3. The number of nitrogens with one attached hydrogen (secondary N) is 2. The molecular formula is C24H48N6O14. The number of carbonyl (C=O) groups excluding carboxylic acids is 1. The second kappa shape index (κ2) is 16.5. The van der Waals surface area contributed by atoms with E-state index in [1.807, 2.05) is 0 Å². The van der Waals surface area contributed by atoms with E-state index in [0.29, 0.717) is 0 Å². The molecule has 20 heteroatoms. The van der Waals surface area contributed by atoms with Gasteiger partial charge in [0, 0.05) is 25.7 Å². The van der Waals surface area contributed by atoms with Crippen LogP contribution in [0, 0.1) is 0 Å². The summed E-state index contributed by atoms with van der Waals surface area (Å²) in [5.41, 5.74) is 23.6. The average molecular weight is 645 g/mol. The summed E-state index contributed by atoms with van der Waals surface area (Å²) in [6.45, 7) is -1.18. The standard InChI is InChI=1S/C24H48N6O14/c25-4-9(33)14(34)22(40)30-8-3-7(26)20(43-23-13(28)17(37)16(36)10(41-23)5-29-1-2-31)19(39)21(8)44-24-18(38)12(27)15(35)11(6-32)42-24/h7-21,23-24,29,31-39H,1-6,25-28H2,(H,30,40)/t7-,8+,9?,10+,11+,12-,13+,14?,15+,16+,17+,18+,19-,20?,21-,23+,24+/m0/s1. The molecule has 3 aliphatic rings. The van der Waals surface area contributed by atoms with Crippen LogP contribution in [0.15, 0.2) is 0 Å². The third kappa shape index (κ3) is 8.36. The Bertz CT molecular complexity index is 898. The summed E-state index contributed by atoms with van der Waals surface area (Å²) in [6.07, 6.45) is -19.9. The zero-order chi connectivity index (χ0) is 32.9. The summed E-state index contributed by atoms with van der Waals surface area (Å²) >= 11 is 0. The fraction of sp³-hybridized carbons (Fsp3) is 0.958. The molecule has 3 fully saturated rings. The molecule has 0 spiro atoms. The van der Waals surface area contributed by atoms with Crippen molar-refractivity contribution in [3.63, 3.8) is 0 Å². The molecule has 0 radical (unpaired) electrons. The Hall–Kier alpha value is -1.25. The predicted octanol–water partition coefficient (Wildman–Crippen LogP) is -9.86. The maximum Gasteiger partial charge on any atom is 0.251 e. The molecule has 3 rings (SSSR count). The Labute approximate surface area is 252 Å². The van der Waals surface area contributed by atoms with Crippen LogP contribution in [0.1, 0.15) is 6.42 Å². The Morgan fingerprint density at radius 1 is 0.841 bits per heavy atom. The van der Waals surface area contributed by atoms with Gasteiger partial charge in [0.15, 0.2) is 18.7 Å². The number of aliphatic hydroxyl groups is 9. The van der Waals surface area contributed by atoms with Crippen molar-refractivity contribution in [2.24, 2.45) is 22.9 Å². The van der Waals surface area contributed by atoms with E-state index in [2.05, 4.69) is 10.6 Å². The van der Waals surface area contributed by atoms with Crippen LogP contribution < -0.4 is 33.6 Å². The highest BCUT2D eigenvalue weighted by Gasteiger charge is 2.52. The molecule has 2 aliphatic heterocycles. The fourth-order valence-electron chi connectivity index (χ4n) is 5.41. The molecule has 17 atom stereocenters. The summed E-state index contributed by atoms with van der Waals surface area (Å²) in [4.78, 5) is 12.7. The summed E-state index contributed by atoms with van der Waals surface area (Å²) in [7, 11) is 0. The molecule has 0 aromatic carbocycles. The average Bonchev–Trinajstić information content (AvgIpc) is 3.00. The number of ether oxygens (including phenoxy) is 4. The van der Waals surface area contributed by atoms with Crippen LogP contribution in [0.4, 0.5) is 0 Å². The van der Waals surface area contributed by atoms with Crippen molar-refractivity contribution in [3.05, 3.63) is 0 Å². The second-order valence-corrected chi connectivity index (χ2v) is 11.3. The van der Waals surface area contributed by atoms with Crippen molar-refractivity contribution < 1.29 is 69.7 Å². The molecule has 1 aliphatic carbocycles.